The molecule has 0 amide bonds. The van der Waals surface area contributed by atoms with E-state index in [0.717, 1.165) is 33.1 Å². The molecule has 8 aromatic rings. The molecule has 3 nitrogen and oxygen atoms in total. The lowest BCUT2D eigenvalue weighted by atomic mass is 9.90. The molecule has 43 heavy (non-hydrogen) atoms. The average molecular weight is 546 g/mol. The van der Waals surface area contributed by atoms with E-state index in [2.05, 4.69) is 113 Å². The summed E-state index contributed by atoms with van der Waals surface area (Å²) < 4.78 is 2.21. The van der Waals surface area contributed by atoms with Crippen LogP contribution < -0.4 is 0 Å². The molecule has 0 spiro atoms. The molecule has 0 unspecified atom stereocenters. The molecule has 0 aliphatic carbocycles. The molecule has 3 heteroatoms. The Kier molecular flexibility index (Phi) is 5.58. The highest BCUT2D eigenvalue weighted by atomic mass is 15.0. The largest absolute Gasteiger partial charge is 0.309 e. The van der Waals surface area contributed by atoms with E-state index in [-0.39, 0.29) is 0 Å². The first-order chi connectivity index (χ1) is 21.2. The van der Waals surface area contributed by atoms with E-state index in [1.807, 2.05) is 42.5 Å². The maximum absolute atomic E-state index is 9.32. The lowest BCUT2D eigenvalue weighted by Crippen LogP contribution is -1.93. The van der Waals surface area contributed by atoms with Crippen LogP contribution in [0, 0.1) is 17.9 Å². The third-order valence-corrected chi connectivity index (χ3v) is 8.45. The second-order valence-corrected chi connectivity index (χ2v) is 10.8. The molecule has 0 aliphatic heterocycles. The third-order valence-electron chi connectivity index (χ3n) is 8.45. The van der Waals surface area contributed by atoms with E-state index in [4.69, 9.17) is 6.57 Å². The number of benzene rings is 7. The number of hydrogen-bond acceptors (Lipinski definition) is 1. The van der Waals surface area contributed by atoms with Crippen LogP contribution in [0.5, 0.6) is 0 Å². The smallest absolute Gasteiger partial charge is 0.188 e. The topological polar surface area (TPSA) is 33.1 Å². The van der Waals surface area contributed by atoms with Gasteiger partial charge in [-0.05, 0) is 97.7 Å². The van der Waals surface area contributed by atoms with Gasteiger partial charge in [-0.25, -0.2) is 4.85 Å². The first-order valence-corrected chi connectivity index (χ1v) is 14.2. The standard InChI is InChI=1S/C40H23N3/c1-42-29-16-22-40-38(24-29)37-23-28(15-21-39(37)43(40)30-17-13-26(25-41)14-18-30)32-19-20-36(35-11-5-4-10-33(32)35)34-12-6-8-27-7-2-3-9-31(27)34/h2-24H. The van der Waals surface area contributed by atoms with Crippen molar-refractivity contribution in [3.8, 4) is 34.0 Å². The van der Waals surface area contributed by atoms with Gasteiger partial charge in [0.15, 0.2) is 5.69 Å². The minimum Gasteiger partial charge on any atom is -0.309 e. The van der Waals surface area contributed by atoms with Crippen LogP contribution in [0.3, 0.4) is 0 Å². The first-order valence-electron chi connectivity index (χ1n) is 14.2. The van der Waals surface area contributed by atoms with Crippen LogP contribution in [0.25, 0.3) is 76.1 Å². The minimum atomic E-state index is 0.613. The second-order valence-electron chi connectivity index (χ2n) is 10.8. The first kappa shape index (κ1) is 24.6. The third kappa shape index (κ3) is 3.88. The molecule has 0 bridgehead atoms. The van der Waals surface area contributed by atoms with Crippen molar-refractivity contribution in [1.29, 1.82) is 5.26 Å². The number of rotatable bonds is 3. The number of hydrogen-bond donors (Lipinski definition) is 0. The van der Waals surface area contributed by atoms with Crippen LogP contribution in [-0.4, -0.2) is 4.57 Å². The summed E-state index contributed by atoms with van der Waals surface area (Å²) in [5.74, 6) is 0. The molecule has 0 fully saturated rings. The summed E-state index contributed by atoms with van der Waals surface area (Å²) in [6, 6.07) is 50.6. The molecular weight excluding hydrogens is 522 g/mol. The average Bonchev–Trinajstić information content (AvgIpc) is 3.40. The van der Waals surface area contributed by atoms with Crippen molar-refractivity contribution in [2.75, 3.05) is 0 Å². The van der Waals surface area contributed by atoms with Crippen LogP contribution in [0.15, 0.2) is 140 Å². The molecule has 198 valence electrons. The SMILES string of the molecule is [C-]#[N+]c1ccc2c(c1)c1cc(-c3ccc(-c4cccc5ccccc45)c4ccccc34)ccc1n2-c1ccc(C#N)cc1. The molecule has 1 heterocycles. The summed E-state index contributed by atoms with van der Waals surface area (Å²) in [6.45, 7) is 7.64. The maximum Gasteiger partial charge on any atom is 0.188 e. The Morgan fingerprint density at radius 3 is 1.93 bits per heavy atom. The zero-order chi connectivity index (χ0) is 28.9. The summed E-state index contributed by atoms with van der Waals surface area (Å²) in [7, 11) is 0. The van der Waals surface area contributed by atoms with Gasteiger partial charge in [0.2, 0.25) is 0 Å². The summed E-state index contributed by atoms with van der Waals surface area (Å²) in [5, 5.41) is 16.3. The van der Waals surface area contributed by atoms with Gasteiger partial charge in [0.25, 0.3) is 0 Å². The van der Waals surface area contributed by atoms with Crippen molar-refractivity contribution >= 4 is 49.0 Å². The molecule has 0 saturated carbocycles. The Labute approximate surface area is 248 Å². The zero-order valence-corrected chi connectivity index (χ0v) is 23.1. The normalized spacial score (nSPS) is 11.2. The predicted molar refractivity (Wildman–Crippen MR) is 178 cm³/mol. The van der Waals surface area contributed by atoms with Gasteiger partial charge in [-0.15, -0.1) is 0 Å². The predicted octanol–water partition coefficient (Wildman–Crippen LogP) is 10.8. The Balaban J connectivity index is 1.37. The molecular formula is C40H23N3. The minimum absolute atomic E-state index is 0.613. The van der Waals surface area contributed by atoms with E-state index in [1.54, 1.807) is 0 Å². The summed E-state index contributed by atoms with van der Waals surface area (Å²) >= 11 is 0. The van der Waals surface area contributed by atoms with Crippen LogP contribution in [0.1, 0.15) is 5.56 Å². The summed E-state index contributed by atoms with van der Waals surface area (Å²) in [4.78, 5) is 3.72. The van der Waals surface area contributed by atoms with Gasteiger partial charge in [-0.2, -0.15) is 5.26 Å². The van der Waals surface area contributed by atoms with E-state index in [1.165, 1.54) is 38.2 Å². The number of fused-ring (bicyclic) bond motifs is 5. The van der Waals surface area contributed by atoms with Crippen molar-refractivity contribution in [2.45, 2.75) is 0 Å². The molecule has 0 atom stereocenters. The van der Waals surface area contributed by atoms with Gasteiger partial charge < -0.3 is 4.57 Å². The molecule has 1 aromatic heterocycles. The van der Waals surface area contributed by atoms with Crippen LogP contribution in [0.4, 0.5) is 5.69 Å². The fraction of sp³-hybridized carbons (Fsp3) is 0. The lowest BCUT2D eigenvalue weighted by Gasteiger charge is -2.14. The van der Waals surface area contributed by atoms with E-state index < -0.39 is 0 Å². The molecule has 8 rings (SSSR count). The van der Waals surface area contributed by atoms with Gasteiger partial charge in [0, 0.05) is 11.1 Å². The number of nitrogens with zero attached hydrogens (tertiary/aromatic N) is 3. The van der Waals surface area contributed by atoms with Gasteiger partial charge in [-0.3, -0.25) is 0 Å². The van der Waals surface area contributed by atoms with Gasteiger partial charge >= 0.3 is 0 Å². The van der Waals surface area contributed by atoms with Crippen LogP contribution in [-0.2, 0) is 0 Å². The maximum atomic E-state index is 9.32. The highest BCUT2D eigenvalue weighted by Gasteiger charge is 2.16. The Morgan fingerprint density at radius 1 is 0.535 bits per heavy atom. The van der Waals surface area contributed by atoms with Crippen LogP contribution >= 0.6 is 0 Å². The van der Waals surface area contributed by atoms with Crippen LogP contribution in [0.2, 0.25) is 0 Å². The van der Waals surface area contributed by atoms with Gasteiger partial charge in [-0.1, -0.05) is 91.0 Å². The fourth-order valence-electron chi connectivity index (χ4n) is 6.46. The highest BCUT2D eigenvalue weighted by Crippen LogP contribution is 2.41. The van der Waals surface area contributed by atoms with Crippen molar-refractivity contribution in [3.63, 3.8) is 0 Å². The van der Waals surface area contributed by atoms with E-state index in [0.29, 0.717) is 11.3 Å². The Morgan fingerprint density at radius 2 is 1.16 bits per heavy atom. The number of aromatic nitrogens is 1. The quantitative estimate of drug-likeness (QED) is 0.203. The van der Waals surface area contributed by atoms with E-state index >= 15 is 0 Å². The highest BCUT2D eigenvalue weighted by molar-refractivity contribution is 6.14. The lowest BCUT2D eigenvalue weighted by molar-refractivity contribution is 1.18. The van der Waals surface area contributed by atoms with Crippen molar-refractivity contribution in [1.82, 2.24) is 4.57 Å². The second kappa shape index (κ2) is 9.74. The summed E-state index contributed by atoms with van der Waals surface area (Å²) in [5.41, 5.74) is 9.05. The monoisotopic (exact) mass is 545 g/mol. The summed E-state index contributed by atoms with van der Waals surface area (Å²) in [6.07, 6.45) is 0. The van der Waals surface area contributed by atoms with E-state index in [9.17, 15) is 5.26 Å². The molecule has 0 N–H and O–H groups in total. The molecule has 0 saturated heterocycles. The number of nitriles is 1. The Hall–Kier alpha value is -6.16. The van der Waals surface area contributed by atoms with Crippen molar-refractivity contribution in [2.24, 2.45) is 0 Å². The van der Waals surface area contributed by atoms with Gasteiger partial charge in [0.1, 0.15) is 0 Å². The zero-order valence-electron chi connectivity index (χ0n) is 23.1. The van der Waals surface area contributed by atoms with Gasteiger partial charge in [0.05, 0.1) is 29.2 Å². The fourth-order valence-corrected chi connectivity index (χ4v) is 6.46. The molecule has 7 aromatic carbocycles. The molecule has 0 aliphatic rings. The Bertz CT molecular complexity index is 2460. The van der Waals surface area contributed by atoms with Crippen molar-refractivity contribution in [3.05, 3.63) is 157 Å². The van der Waals surface area contributed by atoms with Crippen molar-refractivity contribution < 1.29 is 0 Å². The molecule has 0 radical (unpaired) electrons.